The first kappa shape index (κ1) is 14.0. The molecule has 4 heteroatoms. The molecule has 0 aromatic rings. The van der Waals surface area contributed by atoms with Gasteiger partial charge in [-0.25, -0.2) is 0 Å². The summed E-state index contributed by atoms with van der Waals surface area (Å²) < 4.78 is 10.3. The zero-order valence-corrected chi connectivity index (χ0v) is 10.1. The molecule has 1 atom stereocenters. The second-order valence-corrected chi connectivity index (χ2v) is 4.10. The van der Waals surface area contributed by atoms with Crippen LogP contribution in [0.2, 0.25) is 0 Å². The van der Waals surface area contributed by atoms with Gasteiger partial charge >= 0.3 is 0 Å². The van der Waals surface area contributed by atoms with E-state index in [2.05, 4.69) is 18.8 Å². The van der Waals surface area contributed by atoms with E-state index in [1.54, 1.807) is 14.2 Å². The van der Waals surface area contributed by atoms with E-state index in [1.165, 1.54) is 0 Å². The minimum Gasteiger partial charge on any atom is -0.354 e. The molecule has 0 aliphatic heterocycles. The van der Waals surface area contributed by atoms with Crippen molar-refractivity contribution in [3.05, 3.63) is 12.7 Å². The maximum atomic E-state index is 5.13. The van der Waals surface area contributed by atoms with E-state index in [0.717, 1.165) is 18.1 Å². The van der Waals surface area contributed by atoms with Crippen LogP contribution in [0.1, 0.15) is 6.92 Å². The summed E-state index contributed by atoms with van der Waals surface area (Å²) in [5, 5.41) is 3.34. The van der Waals surface area contributed by atoms with Crippen molar-refractivity contribution in [2.24, 2.45) is 0 Å². The minimum atomic E-state index is -0.167. The fourth-order valence-electron chi connectivity index (χ4n) is 1.13. The molecule has 1 N–H and O–H groups in total. The van der Waals surface area contributed by atoms with Crippen LogP contribution in [0.5, 0.6) is 0 Å². The summed E-state index contributed by atoms with van der Waals surface area (Å²) in [5.41, 5.74) is 0. The standard InChI is InChI=1S/C10H21NO2S/c1-5-7-14-8-6-11-9(2)10(12-3)13-4/h5,9-11H,1,6-8H2,2-4H3. The minimum absolute atomic E-state index is 0.167. The van der Waals surface area contributed by atoms with Crippen LogP contribution in [0.4, 0.5) is 0 Å². The van der Waals surface area contributed by atoms with Crippen molar-refractivity contribution in [3.63, 3.8) is 0 Å². The molecule has 0 bridgehead atoms. The van der Waals surface area contributed by atoms with Crippen molar-refractivity contribution >= 4 is 11.8 Å². The number of hydrogen-bond donors (Lipinski definition) is 1. The summed E-state index contributed by atoms with van der Waals surface area (Å²) >= 11 is 1.86. The van der Waals surface area contributed by atoms with Crippen LogP contribution in [0.15, 0.2) is 12.7 Å². The molecule has 0 amide bonds. The third-order valence-corrected chi connectivity index (χ3v) is 2.79. The van der Waals surface area contributed by atoms with Gasteiger partial charge in [0.15, 0.2) is 6.29 Å². The van der Waals surface area contributed by atoms with Crippen molar-refractivity contribution in [1.82, 2.24) is 5.32 Å². The maximum Gasteiger partial charge on any atom is 0.171 e. The molecule has 0 aromatic heterocycles. The second-order valence-electron chi connectivity index (χ2n) is 2.95. The van der Waals surface area contributed by atoms with E-state index in [0.29, 0.717) is 0 Å². The topological polar surface area (TPSA) is 30.5 Å². The Kier molecular flexibility index (Phi) is 9.50. The predicted octanol–water partition coefficient (Wildman–Crippen LogP) is 1.50. The van der Waals surface area contributed by atoms with Gasteiger partial charge in [-0.2, -0.15) is 11.8 Å². The fourth-order valence-corrected chi connectivity index (χ4v) is 1.72. The smallest absolute Gasteiger partial charge is 0.171 e. The second kappa shape index (κ2) is 9.52. The number of rotatable bonds is 9. The number of thioether (sulfide) groups is 1. The van der Waals surface area contributed by atoms with Gasteiger partial charge in [-0.15, -0.1) is 6.58 Å². The van der Waals surface area contributed by atoms with Crippen LogP contribution in [0, 0.1) is 0 Å². The average molecular weight is 219 g/mol. The lowest BCUT2D eigenvalue weighted by Crippen LogP contribution is -2.40. The molecule has 0 heterocycles. The molecule has 0 aliphatic carbocycles. The van der Waals surface area contributed by atoms with Gasteiger partial charge in [0, 0.05) is 32.3 Å². The summed E-state index contributed by atoms with van der Waals surface area (Å²) in [5.74, 6) is 2.09. The van der Waals surface area contributed by atoms with Crippen molar-refractivity contribution in [3.8, 4) is 0 Å². The van der Waals surface area contributed by atoms with Gasteiger partial charge in [-0.1, -0.05) is 6.08 Å². The van der Waals surface area contributed by atoms with E-state index in [-0.39, 0.29) is 12.3 Å². The molecular weight excluding hydrogens is 198 g/mol. The molecule has 0 rings (SSSR count). The lowest BCUT2D eigenvalue weighted by atomic mass is 10.3. The molecule has 3 nitrogen and oxygen atoms in total. The zero-order valence-electron chi connectivity index (χ0n) is 9.29. The van der Waals surface area contributed by atoms with E-state index in [1.807, 2.05) is 17.8 Å². The third kappa shape index (κ3) is 6.43. The molecule has 1 unspecified atom stereocenters. The fraction of sp³-hybridized carbons (Fsp3) is 0.800. The summed E-state index contributed by atoms with van der Waals surface area (Å²) in [6.07, 6.45) is 1.75. The summed E-state index contributed by atoms with van der Waals surface area (Å²) in [4.78, 5) is 0. The van der Waals surface area contributed by atoms with E-state index in [9.17, 15) is 0 Å². The van der Waals surface area contributed by atoms with Crippen LogP contribution in [-0.4, -0.2) is 44.6 Å². The summed E-state index contributed by atoms with van der Waals surface area (Å²) in [6.45, 7) is 6.68. The van der Waals surface area contributed by atoms with E-state index < -0.39 is 0 Å². The Morgan fingerprint density at radius 2 is 2.07 bits per heavy atom. The predicted molar refractivity (Wildman–Crippen MR) is 62.8 cm³/mol. The molecular formula is C10H21NO2S. The molecule has 0 radical (unpaired) electrons. The average Bonchev–Trinajstić information content (AvgIpc) is 2.19. The first-order valence-corrected chi connectivity index (χ1v) is 5.89. The Labute approximate surface area is 91.2 Å². The summed E-state index contributed by atoms with van der Waals surface area (Å²) in [7, 11) is 3.30. The van der Waals surface area contributed by atoms with Crippen molar-refractivity contribution < 1.29 is 9.47 Å². The zero-order chi connectivity index (χ0) is 10.8. The monoisotopic (exact) mass is 219 g/mol. The Balaban J connectivity index is 3.41. The summed E-state index contributed by atoms with van der Waals surface area (Å²) in [6, 6.07) is 0.217. The number of ether oxygens (including phenoxy) is 2. The molecule has 0 saturated heterocycles. The Bertz CT molecular complexity index is 140. The van der Waals surface area contributed by atoms with Crippen LogP contribution < -0.4 is 5.32 Å². The highest BCUT2D eigenvalue weighted by atomic mass is 32.2. The number of nitrogens with one attached hydrogen (secondary N) is 1. The molecule has 0 aliphatic rings. The van der Waals surface area contributed by atoms with Gasteiger partial charge in [0.1, 0.15) is 0 Å². The highest BCUT2D eigenvalue weighted by Gasteiger charge is 2.13. The molecule has 14 heavy (non-hydrogen) atoms. The lowest BCUT2D eigenvalue weighted by molar-refractivity contribution is -0.119. The van der Waals surface area contributed by atoms with Gasteiger partial charge in [-0.3, -0.25) is 0 Å². The quantitative estimate of drug-likeness (QED) is 0.362. The van der Waals surface area contributed by atoms with Crippen LogP contribution in [0.25, 0.3) is 0 Å². The van der Waals surface area contributed by atoms with Crippen LogP contribution in [-0.2, 0) is 9.47 Å². The number of methoxy groups -OCH3 is 2. The molecule has 84 valence electrons. The normalized spacial score (nSPS) is 13.1. The van der Waals surface area contributed by atoms with Gasteiger partial charge in [0.05, 0.1) is 6.04 Å². The van der Waals surface area contributed by atoms with E-state index in [4.69, 9.17) is 9.47 Å². The molecule has 0 spiro atoms. The lowest BCUT2D eigenvalue weighted by Gasteiger charge is -2.21. The van der Waals surface area contributed by atoms with Crippen molar-refractivity contribution in [2.45, 2.75) is 19.3 Å². The SMILES string of the molecule is C=CCSCCNC(C)C(OC)OC. The van der Waals surface area contributed by atoms with E-state index >= 15 is 0 Å². The number of hydrogen-bond acceptors (Lipinski definition) is 4. The highest BCUT2D eigenvalue weighted by Crippen LogP contribution is 2.00. The van der Waals surface area contributed by atoms with Gasteiger partial charge < -0.3 is 14.8 Å². The molecule has 0 aromatic carbocycles. The van der Waals surface area contributed by atoms with Crippen LogP contribution >= 0.6 is 11.8 Å². The first-order valence-electron chi connectivity index (χ1n) is 4.73. The van der Waals surface area contributed by atoms with Gasteiger partial charge in [0.25, 0.3) is 0 Å². The Morgan fingerprint density at radius 1 is 1.43 bits per heavy atom. The third-order valence-electron chi connectivity index (χ3n) is 1.82. The highest BCUT2D eigenvalue weighted by molar-refractivity contribution is 7.99. The van der Waals surface area contributed by atoms with Gasteiger partial charge in [-0.05, 0) is 6.92 Å². The maximum absolute atomic E-state index is 5.13. The largest absolute Gasteiger partial charge is 0.354 e. The first-order chi connectivity index (χ1) is 6.76. The Hall–Kier alpha value is -0.0300. The Morgan fingerprint density at radius 3 is 2.57 bits per heavy atom. The van der Waals surface area contributed by atoms with Crippen LogP contribution in [0.3, 0.4) is 0 Å². The molecule has 0 fully saturated rings. The van der Waals surface area contributed by atoms with Crippen molar-refractivity contribution in [1.29, 1.82) is 0 Å². The van der Waals surface area contributed by atoms with Crippen molar-refractivity contribution in [2.75, 3.05) is 32.3 Å². The van der Waals surface area contributed by atoms with Gasteiger partial charge in [0.2, 0.25) is 0 Å². The molecule has 0 saturated carbocycles.